The third-order valence-electron chi connectivity index (χ3n) is 2.56. The van der Waals surface area contributed by atoms with Crippen molar-refractivity contribution in [1.82, 2.24) is 0 Å². The molecular weight excluding hydrogens is 299 g/mol. The summed E-state index contributed by atoms with van der Waals surface area (Å²) in [4.78, 5) is 11.7. The van der Waals surface area contributed by atoms with Gasteiger partial charge in [-0.1, -0.05) is 44.0 Å². The molecule has 0 aliphatic carbocycles. The van der Waals surface area contributed by atoms with Gasteiger partial charge in [0.2, 0.25) is 5.91 Å². The van der Waals surface area contributed by atoms with Crippen LogP contribution < -0.4 is 11.1 Å². The molecule has 1 aromatic rings. The van der Waals surface area contributed by atoms with Gasteiger partial charge in [-0.2, -0.15) is 0 Å². The van der Waals surface area contributed by atoms with Crippen LogP contribution in [0.5, 0.6) is 0 Å². The minimum Gasteiger partial charge on any atom is -0.399 e. The molecule has 4 nitrogen and oxygen atoms in total. The first kappa shape index (κ1) is 17.1. The number of anilines is 2. The largest absolute Gasteiger partial charge is 0.399 e. The van der Waals surface area contributed by atoms with Crippen molar-refractivity contribution in [2.75, 3.05) is 24.3 Å². The Labute approximate surface area is 129 Å². The van der Waals surface area contributed by atoms with E-state index < -0.39 is 0 Å². The highest BCUT2D eigenvalue weighted by Gasteiger charge is 2.13. The Morgan fingerprint density at radius 2 is 1.85 bits per heavy atom. The molecule has 3 N–H and O–H groups in total. The second kappa shape index (κ2) is 7.16. The summed E-state index contributed by atoms with van der Waals surface area (Å²) in [5.41, 5.74) is 6.57. The van der Waals surface area contributed by atoms with Crippen molar-refractivity contribution >= 4 is 40.5 Å². The number of ether oxygens (including phenoxy) is 1. The number of nitrogens with two attached hydrogens (primary N) is 1. The first-order valence-electron chi connectivity index (χ1n) is 6.31. The molecule has 0 atom stereocenters. The minimum absolute atomic E-state index is 0.0346. The van der Waals surface area contributed by atoms with E-state index in [1.807, 2.05) is 0 Å². The molecule has 0 saturated carbocycles. The highest BCUT2D eigenvalue weighted by molar-refractivity contribution is 6.40. The van der Waals surface area contributed by atoms with Gasteiger partial charge in [0.25, 0.3) is 0 Å². The number of hydrogen-bond donors (Lipinski definition) is 2. The van der Waals surface area contributed by atoms with Crippen molar-refractivity contribution in [3.63, 3.8) is 0 Å². The lowest BCUT2D eigenvalue weighted by Gasteiger charge is -2.17. The maximum atomic E-state index is 11.7. The van der Waals surface area contributed by atoms with E-state index in [9.17, 15) is 4.79 Å². The average Bonchev–Trinajstić information content (AvgIpc) is 2.28. The second-order valence-corrected chi connectivity index (χ2v) is 6.59. The summed E-state index contributed by atoms with van der Waals surface area (Å²) in [6, 6.07) is 3.06. The lowest BCUT2D eigenvalue weighted by molar-refractivity contribution is -0.120. The number of carbonyl (C=O) groups excluding carboxylic acids is 1. The van der Waals surface area contributed by atoms with E-state index in [0.29, 0.717) is 28.0 Å². The fourth-order valence-corrected chi connectivity index (χ4v) is 2.03. The molecule has 1 rings (SSSR count). The number of carbonyl (C=O) groups is 1. The van der Waals surface area contributed by atoms with Gasteiger partial charge in [0.1, 0.15) is 6.61 Å². The Balaban J connectivity index is 2.47. The predicted octanol–water partition coefficient (Wildman–Crippen LogP) is 3.97. The van der Waals surface area contributed by atoms with Crippen LogP contribution in [0.1, 0.15) is 27.2 Å². The van der Waals surface area contributed by atoms with Crippen LogP contribution in [0.4, 0.5) is 11.4 Å². The Kier molecular flexibility index (Phi) is 6.11. The van der Waals surface area contributed by atoms with Crippen molar-refractivity contribution in [2.24, 2.45) is 5.41 Å². The second-order valence-electron chi connectivity index (χ2n) is 5.77. The van der Waals surface area contributed by atoms with E-state index in [4.69, 9.17) is 33.7 Å². The molecule has 0 aromatic heterocycles. The summed E-state index contributed by atoms with van der Waals surface area (Å²) < 4.78 is 5.32. The van der Waals surface area contributed by atoms with Crippen molar-refractivity contribution < 1.29 is 9.53 Å². The lowest BCUT2D eigenvalue weighted by Crippen LogP contribution is -2.20. The first-order chi connectivity index (χ1) is 9.19. The van der Waals surface area contributed by atoms with Crippen LogP contribution in [-0.4, -0.2) is 19.1 Å². The van der Waals surface area contributed by atoms with Gasteiger partial charge in [-0.25, -0.2) is 0 Å². The topological polar surface area (TPSA) is 64.3 Å². The van der Waals surface area contributed by atoms with Gasteiger partial charge in [-0.15, -0.1) is 0 Å². The SMILES string of the molecule is CC(C)(C)CCOCC(=O)Nc1c(Cl)cc(N)cc1Cl. The molecule has 0 bridgehead atoms. The quantitative estimate of drug-likeness (QED) is 0.637. The van der Waals surface area contributed by atoms with Gasteiger partial charge in [0.05, 0.1) is 15.7 Å². The molecule has 0 heterocycles. The summed E-state index contributed by atoms with van der Waals surface area (Å²) in [7, 11) is 0. The van der Waals surface area contributed by atoms with Gasteiger partial charge in [-0.3, -0.25) is 4.79 Å². The average molecular weight is 319 g/mol. The molecule has 20 heavy (non-hydrogen) atoms. The Hall–Kier alpha value is -0.970. The Bertz CT molecular complexity index is 462. The summed E-state index contributed by atoms with van der Waals surface area (Å²) >= 11 is 12.0. The lowest BCUT2D eigenvalue weighted by atomic mass is 9.93. The smallest absolute Gasteiger partial charge is 0.250 e. The van der Waals surface area contributed by atoms with Crippen LogP contribution in [0.25, 0.3) is 0 Å². The van der Waals surface area contributed by atoms with Crippen LogP contribution in [0, 0.1) is 5.41 Å². The van der Waals surface area contributed by atoms with Crippen LogP contribution >= 0.6 is 23.2 Å². The minimum atomic E-state index is -0.299. The Morgan fingerprint density at radius 1 is 1.30 bits per heavy atom. The third-order valence-corrected chi connectivity index (χ3v) is 3.15. The van der Waals surface area contributed by atoms with E-state index in [2.05, 4.69) is 26.1 Å². The monoisotopic (exact) mass is 318 g/mol. The van der Waals surface area contributed by atoms with Crippen LogP contribution in [0.15, 0.2) is 12.1 Å². The van der Waals surface area contributed by atoms with E-state index in [1.165, 1.54) is 12.1 Å². The molecule has 6 heteroatoms. The molecule has 0 spiro atoms. The van der Waals surface area contributed by atoms with Crippen molar-refractivity contribution in [3.05, 3.63) is 22.2 Å². The molecule has 0 saturated heterocycles. The zero-order valence-electron chi connectivity index (χ0n) is 11.9. The summed E-state index contributed by atoms with van der Waals surface area (Å²) in [6.07, 6.45) is 0.879. The zero-order chi connectivity index (χ0) is 15.3. The number of nitrogens with one attached hydrogen (secondary N) is 1. The number of rotatable bonds is 5. The normalized spacial score (nSPS) is 11.4. The standard InChI is InChI=1S/C14H20Cl2N2O2/c1-14(2,3)4-5-20-8-12(19)18-13-10(15)6-9(17)7-11(13)16/h6-7H,4-5,8,17H2,1-3H3,(H,18,19). The molecule has 112 valence electrons. The molecule has 0 fully saturated rings. The predicted molar refractivity (Wildman–Crippen MR) is 84.4 cm³/mol. The molecular formula is C14H20Cl2N2O2. The van der Waals surface area contributed by atoms with Gasteiger partial charge in [-0.05, 0) is 24.0 Å². The van der Waals surface area contributed by atoms with E-state index >= 15 is 0 Å². The molecule has 0 aliphatic rings. The molecule has 0 aliphatic heterocycles. The molecule has 1 aromatic carbocycles. The number of amides is 1. The van der Waals surface area contributed by atoms with Crippen LogP contribution in [0.3, 0.4) is 0 Å². The van der Waals surface area contributed by atoms with E-state index in [1.54, 1.807) is 0 Å². The summed E-state index contributed by atoms with van der Waals surface area (Å²) in [5.74, 6) is -0.299. The third kappa shape index (κ3) is 5.99. The van der Waals surface area contributed by atoms with E-state index in [-0.39, 0.29) is 17.9 Å². The van der Waals surface area contributed by atoms with Crippen molar-refractivity contribution in [2.45, 2.75) is 27.2 Å². The van der Waals surface area contributed by atoms with Crippen molar-refractivity contribution in [1.29, 1.82) is 0 Å². The number of hydrogen-bond acceptors (Lipinski definition) is 3. The molecule has 0 unspecified atom stereocenters. The van der Waals surface area contributed by atoms with Gasteiger partial charge < -0.3 is 15.8 Å². The fourth-order valence-electron chi connectivity index (χ4n) is 1.43. The molecule has 0 radical (unpaired) electrons. The first-order valence-corrected chi connectivity index (χ1v) is 7.07. The van der Waals surface area contributed by atoms with Crippen LogP contribution in [0.2, 0.25) is 10.0 Å². The maximum Gasteiger partial charge on any atom is 0.250 e. The summed E-state index contributed by atoms with van der Waals surface area (Å²) in [6.45, 7) is 6.84. The number of halogens is 2. The fraction of sp³-hybridized carbons (Fsp3) is 0.500. The van der Waals surface area contributed by atoms with E-state index in [0.717, 1.165) is 6.42 Å². The zero-order valence-corrected chi connectivity index (χ0v) is 13.4. The maximum absolute atomic E-state index is 11.7. The number of nitrogen functional groups attached to an aromatic ring is 1. The summed E-state index contributed by atoms with van der Waals surface area (Å²) in [5, 5.41) is 3.23. The highest BCUT2D eigenvalue weighted by atomic mass is 35.5. The number of benzene rings is 1. The highest BCUT2D eigenvalue weighted by Crippen LogP contribution is 2.32. The Morgan fingerprint density at radius 3 is 2.35 bits per heavy atom. The van der Waals surface area contributed by atoms with Crippen molar-refractivity contribution in [3.8, 4) is 0 Å². The molecule has 1 amide bonds. The van der Waals surface area contributed by atoms with Gasteiger partial charge in [0.15, 0.2) is 0 Å². The van der Waals surface area contributed by atoms with Gasteiger partial charge >= 0.3 is 0 Å². The van der Waals surface area contributed by atoms with Crippen LogP contribution in [-0.2, 0) is 9.53 Å². The van der Waals surface area contributed by atoms with Gasteiger partial charge in [0, 0.05) is 12.3 Å².